The quantitative estimate of drug-likeness (QED) is 0.444. The van der Waals surface area contributed by atoms with E-state index < -0.39 is 12.8 Å². The number of rotatable bonds is 9. The molecule has 29 heavy (non-hydrogen) atoms. The molecule has 0 spiro atoms. The lowest BCUT2D eigenvalue weighted by Crippen LogP contribution is -2.16. The largest absolute Gasteiger partial charge is 0.496 e. The van der Waals surface area contributed by atoms with Crippen LogP contribution in [0, 0.1) is 0 Å². The van der Waals surface area contributed by atoms with Crippen molar-refractivity contribution in [1.82, 2.24) is 0 Å². The lowest BCUT2D eigenvalue weighted by Gasteiger charge is -2.11. The molecule has 0 aliphatic carbocycles. The van der Waals surface area contributed by atoms with Crippen LogP contribution in [0.2, 0.25) is 0 Å². The van der Waals surface area contributed by atoms with E-state index in [2.05, 4.69) is 0 Å². The monoisotopic (exact) mass is 410 g/mol. The summed E-state index contributed by atoms with van der Waals surface area (Å²) in [5.74, 6) is 1.07. The van der Waals surface area contributed by atoms with Gasteiger partial charge in [-0.05, 0) is 42.0 Å². The van der Waals surface area contributed by atoms with Gasteiger partial charge in [0, 0.05) is 11.1 Å². The van der Waals surface area contributed by atoms with Crippen LogP contribution in [-0.4, -0.2) is 39.9 Å². The first-order valence-electron chi connectivity index (χ1n) is 8.53. The zero-order chi connectivity index (χ0) is 21.4. The minimum Gasteiger partial charge on any atom is -0.496 e. The topological polar surface area (TPSA) is 54.0 Å². The Morgan fingerprint density at radius 3 is 2.21 bits per heavy atom. The van der Waals surface area contributed by atoms with E-state index in [0.29, 0.717) is 33.9 Å². The van der Waals surface area contributed by atoms with Crippen molar-refractivity contribution in [1.29, 1.82) is 0 Å². The van der Waals surface area contributed by atoms with Gasteiger partial charge in [-0.2, -0.15) is 13.2 Å². The van der Waals surface area contributed by atoms with Crippen molar-refractivity contribution < 1.29 is 36.9 Å². The third-order valence-electron chi connectivity index (χ3n) is 3.92. The van der Waals surface area contributed by atoms with Gasteiger partial charge in [0.2, 0.25) is 0 Å². The highest BCUT2D eigenvalue weighted by Crippen LogP contribution is 2.28. The summed E-state index contributed by atoms with van der Waals surface area (Å²) in [6.45, 7) is -1.62. The molecule has 8 heteroatoms. The normalized spacial score (nSPS) is 11.5. The first-order chi connectivity index (χ1) is 13.8. The number of allylic oxidation sites excluding steroid dienone is 1. The molecule has 0 saturated heterocycles. The fourth-order valence-electron chi connectivity index (χ4n) is 2.55. The second kappa shape index (κ2) is 9.97. The molecule has 0 N–H and O–H groups in total. The van der Waals surface area contributed by atoms with Gasteiger partial charge in [0.05, 0.1) is 27.9 Å². The number of benzene rings is 2. The lowest BCUT2D eigenvalue weighted by atomic mass is 10.1. The molecule has 5 nitrogen and oxygen atoms in total. The van der Waals surface area contributed by atoms with E-state index in [4.69, 9.17) is 18.9 Å². The summed E-state index contributed by atoms with van der Waals surface area (Å²) < 4.78 is 57.0. The highest BCUT2D eigenvalue weighted by Gasteiger charge is 2.27. The summed E-state index contributed by atoms with van der Waals surface area (Å²) in [5, 5.41) is 0. The first kappa shape index (κ1) is 22.3. The van der Waals surface area contributed by atoms with Crippen molar-refractivity contribution in [3.05, 3.63) is 59.2 Å². The molecule has 0 amide bonds. The van der Waals surface area contributed by atoms with Gasteiger partial charge >= 0.3 is 6.18 Å². The van der Waals surface area contributed by atoms with E-state index in [1.165, 1.54) is 27.4 Å². The highest BCUT2D eigenvalue weighted by molar-refractivity contribution is 6.07. The molecule has 2 aromatic rings. The second-order valence-corrected chi connectivity index (χ2v) is 5.95. The summed E-state index contributed by atoms with van der Waals surface area (Å²) in [7, 11) is 4.39. The van der Waals surface area contributed by atoms with Crippen molar-refractivity contribution in [2.24, 2.45) is 0 Å². The molecular weight excluding hydrogens is 389 g/mol. The smallest absolute Gasteiger partial charge is 0.411 e. The minimum atomic E-state index is -4.41. The van der Waals surface area contributed by atoms with Crippen LogP contribution in [0.1, 0.15) is 21.5 Å². The average Bonchev–Trinajstić information content (AvgIpc) is 2.70. The fraction of sp³-hybridized carbons (Fsp3) is 0.286. The molecule has 0 fully saturated rings. The Kier molecular flexibility index (Phi) is 7.67. The summed E-state index contributed by atoms with van der Waals surface area (Å²) in [6.07, 6.45) is -1.48. The van der Waals surface area contributed by atoms with Gasteiger partial charge in [-0.25, -0.2) is 0 Å². The highest BCUT2D eigenvalue weighted by atomic mass is 19.4. The Balaban J connectivity index is 2.15. The predicted molar refractivity (Wildman–Crippen MR) is 102 cm³/mol. The van der Waals surface area contributed by atoms with E-state index in [9.17, 15) is 18.0 Å². The first-order valence-corrected chi connectivity index (χ1v) is 8.53. The van der Waals surface area contributed by atoms with Crippen LogP contribution in [0.3, 0.4) is 0 Å². The molecule has 2 aromatic carbocycles. The fourth-order valence-corrected chi connectivity index (χ4v) is 2.55. The van der Waals surface area contributed by atoms with Crippen molar-refractivity contribution >= 4 is 11.9 Å². The number of carbonyl (C=O) groups is 1. The summed E-state index contributed by atoms with van der Waals surface area (Å²) in [6, 6.07) is 9.70. The molecule has 156 valence electrons. The number of ether oxygens (including phenoxy) is 4. The van der Waals surface area contributed by atoms with Gasteiger partial charge < -0.3 is 18.9 Å². The minimum absolute atomic E-state index is 0.267. The van der Waals surface area contributed by atoms with E-state index in [-0.39, 0.29) is 12.4 Å². The zero-order valence-electron chi connectivity index (χ0n) is 16.2. The summed E-state index contributed by atoms with van der Waals surface area (Å²) >= 11 is 0. The molecular formula is C21H21F3O5. The maximum Gasteiger partial charge on any atom is 0.411 e. The Morgan fingerprint density at radius 1 is 0.931 bits per heavy atom. The number of hydrogen-bond acceptors (Lipinski definition) is 5. The number of ketones is 1. The molecule has 0 unspecified atom stereocenters. The van der Waals surface area contributed by atoms with Crippen LogP contribution in [0.5, 0.6) is 17.2 Å². The molecule has 0 aliphatic heterocycles. The van der Waals surface area contributed by atoms with Crippen LogP contribution in [0.25, 0.3) is 6.08 Å². The third kappa shape index (κ3) is 6.53. The Morgan fingerprint density at radius 2 is 1.59 bits per heavy atom. The summed E-state index contributed by atoms with van der Waals surface area (Å²) in [4.78, 5) is 12.4. The number of carbonyl (C=O) groups excluding carboxylic acids is 1. The Labute approximate surface area is 166 Å². The Hall–Kier alpha value is -3.00. The number of halogens is 3. The lowest BCUT2D eigenvalue weighted by molar-refractivity contribution is -0.176. The average molecular weight is 410 g/mol. The molecule has 2 rings (SSSR count). The number of methoxy groups -OCH3 is 3. The third-order valence-corrected chi connectivity index (χ3v) is 3.92. The maximum absolute atomic E-state index is 12.4. The van der Waals surface area contributed by atoms with Crippen LogP contribution in [0.4, 0.5) is 13.2 Å². The van der Waals surface area contributed by atoms with Crippen LogP contribution in [0.15, 0.2) is 42.5 Å². The van der Waals surface area contributed by atoms with E-state index in [1.807, 2.05) is 0 Å². The molecule has 0 bridgehead atoms. The van der Waals surface area contributed by atoms with E-state index in [0.717, 1.165) is 0 Å². The Bertz CT molecular complexity index is 875. The van der Waals surface area contributed by atoms with Gasteiger partial charge in [0.25, 0.3) is 0 Å². The molecule has 0 heterocycles. The molecule has 0 aliphatic rings. The summed E-state index contributed by atoms with van der Waals surface area (Å²) in [5.41, 5.74) is 1.46. The number of alkyl halides is 3. The predicted octanol–water partition coefficient (Wildman–Crippen LogP) is 4.69. The SMILES string of the molecule is COc1ccc(/C=C/C(=O)c2ccc(OC)c(OC)c2)cc1COCC(F)(F)F. The van der Waals surface area contributed by atoms with Crippen LogP contribution in [-0.2, 0) is 11.3 Å². The zero-order valence-corrected chi connectivity index (χ0v) is 16.2. The van der Waals surface area contributed by atoms with Gasteiger partial charge in [-0.3, -0.25) is 4.79 Å². The van der Waals surface area contributed by atoms with Crippen LogP contribution >= 0.6 is 0 Å². The molecule has 0 radical (unpaired) electrons. The molecule has 0 aromatic heterocycles. The van der Waals surface area contributed by atoms with Gasteiger partial charge in [0.15, 0.2) is 17.3 Å². The van der Waals surface area contributed by atoms with Crippen molar-refractivity contribution in [3.63, 3.8) is 0 Å². The van der Waals surface area contributed by atoms with Crippen molar-refractivity contribution in [2.75, 3.05) is 27.9 Å². The molecule has 0 saturated carbocycles. The number of hydrogen-bond donors (Lipinski definition) is 0. The van der Waals surface area contributed by atoms with E-state index >= 15 is 0 Å². The maximum atomic E-state index is 12.4. The van der Waals surface area contributed by atoms with Crippen molar-refractivity contribution in [2.45, 2.75) is 12.8 Å². The second-order valence-electron chi connectivity index (χ2n) is 5.95. The van der Waals surface area contributed by atoms with Gasteiger partial charge in [-0.1, -0.05) is 12.1 Å². The van der Waals surface area contributed by atoms with E-state index in [1.54, 1.807) is 42.5 Å². The van der Waals surface area contributed by atoms with Gasteiger partial charge in [0.1, 0.15) is 12.4 Å². The van der Waals surface area contributed by atoms with Crippen LogP contribution < -0.4 is 14.2 Å². The van der Waals surface area contributed by atoms with Crippen molar-refractivity contribution in [3.8, 4) is 17.2 Å². The standard InChI is InChI=1S/C21H21F3O5/c1-26-18-8-5-14(10-16(18)12-29-13-21(22,23)24)4-7-17(25)15-6-9-19(27-2)20(11-15)28-3/h4-11H,12-13H2,1-3H3/b7-4+. The van der Waals surface area contributed by atoms with Gasteiger partial charge in [-0.15, -0.1) is 0 Å². The molecule has 0 atom stereocenters.